The van der Waals surface area contributed by atoms with Gasteiger partial charge in [0.2, 0.25) is 0 Å². The second-order valence-corrected chi connectivity index (χ2v) is 4.62. The number of rotatable bonds is 6. The Morgan fingerprint density at radius 3 is 2.50 bits per heavy atom. The first-order valence-corrected chi connectivity index (χ1v) is 6.21. The highest BCUT2D eigenvalue weighted by molar-refractivity contribution is 6.31. The molecule has 0 unspecified atom stereocenters. The lowest BCUT2D eigenvalue weighted by Gasteiger charge is -2.14. The quantitative estimate of drug-likeness (QED) is 0.741. The summed E-state index contributed by atoms with van der Waals surface area (Å²) in [5.74, 6) is -2.99. The Hall–Kier alpha value is -2.08. The summed E-state index contributed by atoms with van der Waals surface area (Å²) in [5.41, 5.74) is 0.799. The van der Waals surface area contributed by atoms with Crippen LogP contribution in [0.4, 0.5) is 0 Å². The van der Waals surface area contributed by atoms with Crippen LogP contribution in [0.25, 0.3) is 0 Å². The van der Waals surface area contributed by atoms with Gasteiger partial charge in [0.15, 0.2) is 0 Å². The number of aliphatic carboxylic acids is 2. The number of carbonyl (C=O) groups excluding carboxylic acids is 1. The molecule has 0 saturated carbocycles. The van der Waals surface area contributed by atoms with Crippen LogP contribution in [-0.4, -0.2) is 34.1 Å². The second kappa shape index (κ2) is 6.91. The molecule has 0 aliphatic rings. The maximum atomic E-state index is 12.0. The fraction of sp³-hybridized carbons (Fsp3) is 0.308. The molecule has 1 rings (SSSR count). The molecular formula is C13H14ClNO5. The predicted molar refractivity (Wildman–Crippen MR) is 71.9 cm³/mol. The number of carbonyl (C=O) groups is 3. The van der Waals surface area contributed by atoms with E-state index < -0.39 is 23.9 Å². The molecule has 0 fully saturated rings. The number of hydrogen-bond donors (Lipinski definition) is 3. The Bertz CT molecular complexity index is 544. The molecule has 0 aliphatic heterocycles. The van der Waals surface area contributed by atoms with Crippen LogP contribution in [0, 0.1) is 6.92 Å². The third kappa shape index (κ3) is 4.24. The first kappa shape index (κ1) is 16.0. The van der Waals surface area contributed by atoms with Crippen LogP contribution >= 0.6 is 11.6 Å². The maximum Gasteiger partial charge on any atom is 0.326 e. The number of carboxylic acid groups (broad SMARTS) is 2. The van der Waals surface area contributed by atoms with E-state index in [0.717, 1.165) is 0 Å². The number of halogens is 1. The SMILES string of the molecule is Cc1c(Cl)cccc1C(=O)N[C@@H](CCC(=O)O)C(=O)O. The topological polar surface area (TPSA) is 104 Å². The zero-order chi connectivity index (χ0) is 15.3. The third-order valence-electron chi connectivity index (χ3n) is 2.76. The molecule has 1 aromatic carbocycles. The number of nitrogens with one attached hydrogen (secondary N) is 1. The fourth-order valence-electron chi connectivity index (χ4n) is 1.61. The lowest BCUT2D eigenvalue weighted by molar-refractivity contribution is -0.140. The minimum atomic E-state index is -1.28. The fourth-order valence-corrected chi connectivity index (χ4v) is 1.79. The molecule has 7 heteroatoms. The van der Waals surface area contributed by atoms with E-state index in [1.807, 2.05) is 0 Å². The third-order valence-corrected chi connectivity index (χ3v) is 3.17. The van der Waals surface area contributed by atoms with E-state index in [2.05, 4.69) is 5.32 Å². The minimum absolute atomic E-state index is 0.185. The van der Waals surface area contributed by atoms with Crippen molar-refractivity contribution >= 4 is 29.4 Å². The van der Waals surface area contributed by atoms with Gasteiger partial charge in [-0.3, -0.25) is 9.59 Å². The van der Waals surface area contributed by atoms with Crippen molar-refractivity contribution in [3.05, 3.63) is 34.3 Å². The van der Waals surface area contributed by atoms with E-state index >= 15 is 0 Å². The summed E-state index contributed by atoms with van der Waals surface area (Å²) in [7, 11) is 0. The normalized spacial score (nSPS) is 11.7. The smallest absolute Gasteiger partial charge is 0.326 e. The van der Waals surface area contributed by atoms with Crippen LogP contribution in [0.2, 0.25) is 5.02 Å². The van der Waals surface area contributed by atoms with Crippen LogP contribution in [0.3, 0.4) is 0 Å². The highest BCUT2D eigenvalue weighted by Crippen LogP contribution is 2.18. The van der Waals surface area contributed by atoms with Crippen molar-refractivity contribution in [2.75, 3.05) is 0 Å². The average molecular weight is 300 g/mol. The summed E-state index contributed by atoms with van der Waals surface area (Å²) in [6.07, 6.45) is -0.526. The van der Waals surface area contributed by atoms with Gasteiger partial charge in [0.25, 0.3) is 5.91 Å². The molecule has 0 spiro atoms. The van der Waals surface area contributed by atoms with Crippen LogP contribution in [0.1, 0.15) is 28.8 Å². The predicted octanol–water partition coefficient (Wildman–Crippen LogP) is 1.70. The first-order valence-electron chi connectivity index (χ1n) is 5.83. The van der Waals surface area contributed by atoms with Gasteiger partial charge in [0, 0.05) is 17.0 Å². The molecule has 0 radical (unpaired) electrons. The van der Waals surface area contributed by atoms with Gasteiger partial charge < -0.3 is 15.5 Å². The zero-order valence-electron chi connectivity index (χ0n) is 10.7. The molecular weight excluding hydrogens is 286 g/mol. The summed E-state index contributed by atoms with van der Waals surface area (Å²) < 4.78 is 0. The van der Waals surface area contributed by atoms with Gasteiger partial charge in [-0.15, -0.1) is 0 Å². The van der Waals surface area contributed by atoms with Crippen LogP contribution in [0.5, 0.6) is 0 Å². The monoisotopic (exact) mass is 299 g/mol. The molecule has 108 valence electrons. The molecule has 3 N–H and O–H groups in total. The lowest BCUT2D eigenvalue weighted by Crippen LogP contribution is -2.41. The summed E-state index contributed by atoms with van der Waals surface area (Å²) in [4.78, 5) is 33.5. The van der Waals surface area contributed by atoms with E-state index in [-0.39, 0.29) is 18.4 Å². The summed E-state index contributed by atoms with van der Waals surface area (Å²) in [6, 6.07) is 3.47. The Morgan fingerprint density at radius 2 is 1.95 bits per heavy atom. The maximum absolute atomic E-state index is 12.0. The number of carboxylic acids is 2. The van der Waals surface area contributed by atoms with Gasteiger partial charge in [0.1, 0.15) is 6.04 Å². The van der Waals surface area contributed by atoms with Crippen molar-refractivity contribution in [3.8, 4) is 0 Å². The van der Waals surface area contributed by atoms with Crippen LogP contribution < -0.4 is 5.32 Å². The molecule has 0 aliphatic carbocycles. The Morgan fingerprint density at radius 1 is 1.30 bits per heavy atom. The van der Waals surface area contributed by atoms with Crippen molar-refractivity contribution in [3.63, 3.8) is 0 Å². The molecule has 0 bridgehead atoms. The van der Waals surface area contributed by atoms with Gasteiger partial charge >= 0.3 is 11.9 Å². The molecule has 0 heterocycles. The molecule has 1 atom stereocenters. The Kier molecular flexibility index (Phi) is 5.52. The van der Waals surface area contributed by atoms with Crippen molar-refractivity contribution in [1.82, 2.24) is 5.32 Å². The highest BCUT2D eigenvalue weighted by Gasteiger charge is 2.22. The van der Waals surface area contributed by atoms with Crippen molar-refractivity contribution in [2.45, 2.75) is 25.8 Å². The van der Waals surface area contributed by atoms with E-state index in [1.54, 1.807) is 19.1 Å². The second-order valence-electron chi connectivity index (χ2n) is 4.21. The molecule has 1 amide bonds. The zero-order valence-corrected chi connectivity index (χ0v) is 11.5. The van der Waals surface area contributed by atoms with E-state index in [4.69, 9.17) is 21.8 Å². The highest BCUT2D eigenvalue weighted by atomic mass is 35.5. The summed E-state index contributed by atoms with van der Waals surface area (Å²) >= 11 is 5.89. The standard InChI is InChI=1S/C13H14ClNO5/c1-7-8(3-2-4-9(7)14)12(18)15-10(13(19)20)5-6-11(16)17/h2-4,10H,5-6H2,1H3,(H,15,18)(H,16,17)(H,19,20)/t10-/m0/s1. The molecule has 20 heavy (non-hydrogen) atoms. The van der Waals surface area contributed by atoms with Gasteiger partial charge in [-0.25, -0.2) is 4.79 Å². The van der Waals surface area contributed by atoms with Gasteiger partial charge in [-0.05, 0) is 31.0 Å². The Labute approximate surface area is 120 Å². The van der Waals surface area contributed by atoms with Gasteiger partial charge in [-0.2, -0.15) is 0 Å². The largest absolute Gasteiger partial charge is 0.481 e. The summed E-state index contributed by atoms with van der Waals surface area (Å²) in [5, 5.41) is 20.2. The molecule has 0 saturated heterocycles. The van der Waals surface area contributed by atoms with Gasteiger partial charge in [-0.1, -0.05) is 17.7 Å². The number of benzene rings is 1. The summed E-state index contributed by atoms with van der Waals surface area (Å²) in [6.45, 7) is 1.64. The molecule has 6 nitrogen and oxygen atoms in total. The molecule has 0 aromatic heterocycles. The van der Waals surface area contributed by atoms with Gasteiger partial charge in [0.05, 0.1) is 0 Å². The lowest BCUT2D eigenvalue weighted by atomic mass is 10.1. The van der Waals surface area contributed by atoms with Crippen LogP contribution in [-0.2, 0) is 9.59 Å². The number of amides is 1. The van der Waals surface area contributed by atoms with Crippen molar-refractivity contribution in [2.24, 2.45) is 0 Å². The Balaban J connectivity index is 2.83. The first-order chi connectivity index (χ1) is 9.32. The minimum Gasteiger partial charge on any atom is -0.481 e. The van der Waals surface area contributed by atoms with Crippen LogP contribution in [0.15, 0.2) is 18.2 Å². The van der Waals surface area contributed by atoms with E-state index in [9.17, 15) is 14.4 Å². The van der Waals surface area contributed by atoms with Crippen molar-refractivity contribution < 1.29 is 24.6 Å². The van der Waals surface area contributed by atoms with Crippen molar-refractivity contribution in [1.29, 1.82) is 0 Å². The average Bonchev–Trinajstić information content (AvgIpc) is 2.36. The molecule has 1 aromatic rings. The number of hydrogen-bond acceptors (Lipinski definition) is 3. The van der Waals surface area contributed by atoms with E-state index in [1.165, 1.54) is 6.07 Å². The van der Waals surface area contributed by atoms with E-state index in [0.29, 0.717) is 10.6 Å².